The van der Waals surface area contributed by atoms with E-state index in [1.807, 2.05) is 30.3 Å². The molecular formula is C21H21FN4O2. The highest BCUT2D eigenvalue weighted by molar-refractivity contribution is 6.03. The van der Waals surface area contributed by atoms with Crippen molar-refractivity contribution < 1.29 is 13.9 Å². The average molecular weight is 380 g/mol. The second kappa shape index (κ2) is 9.57. The first-order valence-corrected chi connectivity index (χ1v) is 8.90. The normalized spacial score (nSPS) is 10.5. The van der Waals surface area contributed by atoms with E-state index in [4.69, 9.17) is 4.74 Å². The van der Waals surface area contributed by atoms with E-state index < -0.39 is 11.7 Å². The summed E-state index contributed by atoms with van der Waals surface area (Å²) in [6, 6.07) is 16.7. The number of nitrogens with one attached hydrogen (secondary N) is 2. The van der Waals surface area contributed by atoms with Gasteiger partial charge in [-0.15, -0.1) is 0 Å². The molecule has 1 amide bonds. The second-order valence-corrected chi connectivity index (χ2v) is 6.07. The molecule has 0 unspecified atom stereocenters. The summed E-state index contributed by atoms with van der Waals surface area (Å²) in [4.78, 5) is 21.6. The van der Waals surface area contributed by atoms with Crippen molar-refractivity contribution in [1.82, 2.24) is 9.97 Å². The van der Waals surface area contributed by atoms with Crippen LogP contribution in [0.5, 0.6) is 0 Å². The summed E-state index contributed by atoms with van der Waals surface area (Å²) >= 11 is 0. The van der Waals surface area contributed by atoms with Crippen LogP contribution in [0.4, 0.5) is 15.9 Å². The summed E-state index contributed by atoms with van der Waals surface area (Å²) in [7, 11) is 1.65. The fourth-order valence-corrected chi connectivity index (χ4v) is 2.56. The Kier molecular flexibility index (Phi) is 6.64. The Balaban J connectivity index is 1.86. The molecule has 3 aromatic rings. The van der Waals surface area contributed by atoms with Gasteiger partial charge in [-0.1, -0.05) is 36.4 Å². The van der Waals surface area contributed by atoms with E-state index in [0.717, 1.165) is 12.0 Å². The van der Waals surface area contributed by atoms with Gasteiger partial charge in [0.05, 0.1) is 0 Å². The summed E-state index contributed by atoms with van der Waals surface area (Å²) in [6.45, 7) is 1.26. The lowest BCUT2D eigenvalue weighted by Gasteiger charge is -2.11. The molecule has 0 atom stereocenters. The number of benzene rings is 2. The number of methoxy groups -OCH3 is 1. The molecule has 0 radical (unpaired) electrons. The minimum Gasteiger partial charge on any atom is -0.385 e. The van der Waals surface area contributed by atoms with Crippen LogP contribution in [0.3, 0.4) is 0 Å². The number of hydrogen-bond donors (Lipinski definition) is 2. The first-order chi connectivity index (χ1) is 13.7. The molecular weight excluding hydrogens is 359 g/mol. The van der Waals surface area contributed by atoms with Crippen molar-refractivity contribution in [3.05, 3.63) is 72.2 Å². The first-order valence-electron chi connectivity index (χ1n) is 8.90. The number of carbonyl (C=O) groups is 1. The molecule has 7 heteroatoms. The largest absolute Gasteiger partial charge is 0.385 e. The average Bonchev–Trinajstić information content (AvgIpc) is 2.72. The van der Waals surface area contributed by atoms with Gasteiger partial charge in [-0.2, -0.15) is 0 Å². The molecule has 28 heavy (non-hydrogen) atoms. The highest BCUT2D eigenvalue weighted by Gasteiger charge is 2.13. The number of rotatable bonds is 8. The van der Waals surface area contributed by atoms with Crippen molar-refractivity contribution in [3.8, 4) is 11.4 Å². The van der Waals surface area contributed by atoms with Crippen LogP contribution in [0.15, 0.2) is 60.7 Å². The van der Waals surface area contributed by atoms with E-state index >= 15 is 0 Å². The maximum Gasteiger partial charge on any atom is 0.274 e. The molecule has 0 aliphatic rings. The molecule has 0 spiro atoms. The van der Waals surface area contributed by atoms with Gasteiger partial charge in [0.25, 0.3) is 5.91 Å². The van der Waals surface area contributed by atoms with E-state index in [-0.39, 0.29) is 5.69 Å². The van der Waals surface area contributed by atoms with E-state index in [1.165, 1.54) is 18.2 Å². The zero-order valence-electron chi connectivity index (χ0n) is 15.5. The quantitative estimate of drug-likeness (QED) is 0.578. The predicted molar refractivity (Wildman–Crippen MR) is 107 cm³/mol. The van der Waals surface area contributed by atoms with Crippen LogP contribution in [-0.4, -0.2) is 36.1 Å². The van der Waals surface area contributed by atoms with Crippen molar-refractivity contribution in [2.75, 3.05) is 30.9 Å². The molecule has 0 aliphatic carbocycles. The van der Waals surface area contributed by atoms with Crippen LogP contribution in [-0.2, 0) is 4.74 Å². The van der Waals surface area contributed by atoms with Crippen molar-refractivity contribution >= 4 is 17.4 Å². The van der Waals surface area contributed by atoms with E-state index in [0.29, 0.717) is 30.5 Å². The summed E-state index contributed by atoms with van der Waals surface area (Å²) in [5.74, 6) is 0.104. The van der Waals surface area contributed by atoms with Gasteiger partial charge < -0.3 is 15.4 Å². The highest BCUT2D eigenvalue weighted by atomic mass is 19.1. The molecule has 0 bridgehead atoms. The second-order valence-electron chi connectivity index (χ2n) is 6.07. The predicted octanol–water partition coefficient (Wildman–Crippen LogP) is 3.98. The molecule has 0 fully saturated rings. The lowest BCUT2D eigenvalue weighted by atomic mass is 10.2. The van der Waals surface area contributed by atoms with Crippen molar-refractivity contribution in [2.24, 2.45) is 0 Å². The molecule has 144 valence electrons. The van der Waals surface area contributed by atoms with Crippen LogP contribution in [0.25, 0.3) is 11.4 Å². The molecule has 0 saturated heterocycles. The SMILES string of the molecule is COCCCNc1cc(C(=O)Nc2cccc(F)c2)nc(-c2ccccc2)n1. The molecule has 6 nitrogen and oxygen atoms in total. The van der Waals surface area contributed by atoms with Crippen molar-refractivity contribution in [3.63, 3.8) is 0 Å². The zero-order valence-corrected chi connectivity index (χ0v) is 15.5. The number of anilines is 2. The van der Waals surface area contributed by atoms with E-state index in [1.54, 1.807) is 19.2 Å². The Bertz CT molecular complexity index is 935. The first kappa shape index (κ1) is 19.4. The van der Waals surface area contributed by atoms with Gasteiger partial charge in [-0.05, 0) is 24.6 Å². The Morgan fingerprint density at radius 3 is 2.64 bits per heavy atom. The summed E-state index contributed by atoms with van der Waals surface area (Å²) < 4.78 is 18.4. The Labute approximate surface area is 162 Å². The molecule has 2 N–H and O–H groups in total. The number of ether oxygens (including phenoxy) is 1. The summed E-state index contributed by atoms with van der Waals surface area (Å²) in [5.41, 5.74) is 1.34. The third-order valence-corrected chi connectivity index (χ3v) is 3.90. The van der Waals surface area contributed by atoms with Crippen LogP contribution in [0.1, 0.15) is 16.9 Å². The number of halogens is 1. The summed E-state index contributed by atoms with van der Waals surface area (Å²) in [6.07, 6.45) is 0.798. The monoisotopic (exact) mass is 380 g/mol. The van der Waals surface area contributed by atoms with Crippen LogP contribution in [0, 0.1) is 5.82 Å². The molecule has 2 aromatic carbocycles. The van der Waals surface area contributed by atoms with Gasteiger partial charge in [0.1, 0.15) is 17.3 Å². The molecule has 0 saturated carbocycles. The Morgan fingerprint density at radius 1 is 1.07 bits per heavy atom. The number of nitrogens with zero attached hydrogens (tertiary/aromatic N) is 2. The van der Waals surface area contributed by atoms with Gasteiger partial charge in [-0.3, -0.25) is 4.79 Å². The zero-order chi connectivity index (χ0) is 19.8. The number of aromatic nitrogens is 2. The maximum atomic E-state index is 13.4. The number of amides is 1. The Hall–Kier alpha value is -3.32. The Morgan fingerprint density at radius 2 is 1.89 bits per heavy atom. The van der Waals surface area contributed by atoms with E-state index in [2.05, 4.69) is 20.6 Å². The summed E-state index contributed by atoms with van der Waals surface area (Å²) in [5, 5.41) is 5.85. The van der Waals surface area contributed by atoms with E-state index in [9.17, 15) is 9.18 Å². The molecule has 0 aliphatic heterocycles. The lowest BCUT2D eigenvalue weighted by Crippen LogP contribution is -2.16. The van der Waals surface area contributed by atoms with Crippen LogP contribution >= 0.6 is 0 Å². The fraction of sp³-hybridized carbons (Fsp3) is 0.190. The van der Waals surface area contributed by atoms with Crippen molar-refractivity contribution in [2.45, 2.75) is 6.42 Å². The van der Waals surface area contributed by atoms with Crippen LogP contribution < -0.4 is 10.6 Å². The van der Waals surface area contributed by atoms with Gasteiger partial charge in [0, 0.05) is 37.6 Å². The smallest absolute Gasteiger partial charge is 0.274 e. The molecule has 1 aromatic heterocycles. The molecule has 3 rings (SSSR count). The van der Waals surface area contributed by atoms with Crippen LogP contribution in [0.2, 0.25) is 0 Å². The minimum absolute atomic E-state index is 0.187. The molecule has 1 heterocycles. The van der Waals surface area contributed by atoms with Gasteiger partial charge in [0.15, 0.2) is 5.82 Å². The minimum atomic E-state index is -0.440. The third-order valence-electron chi connectivity index (χ3n) is 3.90. The number of hydrogen-bond acceptors (Lipinski definition) is 5. The van der Waals surface area contributed by atoms with Gasteiger partial charge >= 0.3 is 0 Å². The van der Waals surface area contributed by atoms with Crippen molar-refractivity contribution in [1.29, 1.82) is 0 Å². The van der Waals surface area contributed by atoms with Gasteiger partial charge in [0.2, 0.25) is 0 Å². The maximum absolute atomic E-state index is 13.4. The third kappa shape index (κ3) is 5.34. The standard InChI is InChI=1S/C21H21FN4O2/c1-28-12-6-11-23-19-14-18(21(27)24-17-10-5-9-16(22)13-17)25-20(26-19)15-7-3-2-4-8-15/h2-5,7-10,13-14H,6,11-12H2,1H3,(H,24,27)(H,23,25,26). The highest BCUT2D eigenvalue weighted by Crippen LogP contribution is 2.19. The topological polar surface area (TPSA) is 76.1 Å². The lowest BCUT2D eigenvalue weighted by molar-refractivity contribution is 0.102. The van der Waals surface area contributed by atoms with Gasteiger partial charge in [-0.25, -0.2) is 14.4 Å². The number of carbonyl (C=O) groups excluding carboxylic acids is 1. The fourth-order valence-electron chi connectivity index (χ4n) is 2.56.